The second-order valence-corrected chi connectivity index (χ2v) is 3.70. The highest BCUT2D eigenvalue weighted by Crippen LogP contribution is 2.28. The van der Waals surface area contributed by atoms with E-state index in [1.165, 1.54) is 13.2 Å². The standard InChI is InChI=1S/C12H16N2O5/c1-3-13-7-9-4-5-10(14(16)17)11(6-9)19-8-12(15)18-2/h4-6,13H,3,7-8H2,1-2H3. The number of benzene rings is 1. The first-order valence-corrected chi connectivity index (χ1v) is 5.76. The topological polar surface area (TPSA) is 90.7 Å². The predicted molar refractivity (Wildman–Crippen MR) is 68.0 cm³/mol. The SMILES string of the molecule is CCNCc1ccc([N+](=O)[O-])c(OCC(=O)OC)c1. The number of hydrogen-bond acceptors (Lipinski definition) is 6. The van der Waals surface area contributed by atoms with Crippen LogP contribution in [0.1, 0.15) is 12.5 Å². The maximum atomic E-state index is 11.0. The molecule has 104 valence electrons. The number of carbonyl (C=O) groups excluding carboxylic acids is 1. The molecule has 1 aromatic rings. The van der Waals surface area contributed by atoms with Gasteiger partial charge in [0.1, 0.15) is 0 Å². The van der Waals surface area contributed by atoms with Crippen LogP contribution < -0.4 is 10.1 Å². The Balaban J connectivity index is 2.88. The lowest BCUT2D eigenvalue weighted by atomic mass is 10.2. The Morgan fingerprint density at radius 3 is 2.79 bits per heavy atom. The van der Waals surface area contributed by atoms with E-state index >= 15 is 0 Å². The van der Waals surface area contributed by atoms with Crippen LogP contribution >= 0.6 is 0 Å². The fourth-order valence-corrected chi connectivity index (χ4v) is 1.40. The van der Waals surface area contributed by atoms with Gasteiger partial charge in [-0.05, 0) is 18.2 Å². The van der Waals surface area contributed by atoms with E-state index in [2.05, 4.69) is 10.1 Å². The van der Waals surface area contributed by atoms with E-state index in [9.17, 15) is 14.9 Å². The van der Waals surface area contributed by atoms with E-state index in [4.69, 9.17) is 4.74 Å². The summed E-state index contributed by atoms with van der Waals surface area (Å²) in [7, 11) is 1.22. The first kappa shape index (κ1) is 14.9. The van der Waals surface area contributed by atoms with Gasteiger partial charge in [0.05, 0.1) is 12.0 Å². The van der Waals surface area contributed by atoms with Crippen LogP contribution in [0.15, 0.2) is 18.2 Å². The number of rotatable bonds is 7. The highest BCUT2D eigenvalue weighted by molar-refractivity contribution is 5.71. The minimum absolute atomic E-state index is 0.0609. The fraction of sp³-hybridized carbons (Fsp3) is 0.417. The van der Waals surface area contributed by atoms with Gasteiger partial charge in [0.25, 0.3) is 0 Å². The van der Waals surface area contributed by atoms with E-state index in [1.54, 1.807) is 12.1 Å². The monoisotopic (exact) mass is 268 g/mol. The summed E-state index contributed by atoms with van der Waals surface area (Å²) in [4.78, 5) is 21.3. The number of carbonyl (C=O) groups is 1. The molecule has 0 bridgehead atoms. The number of nitrogens with one attached hydrogen (secondary N) is 1. The van der Waals surface area contributed by atoms with Crippen molar-refractivity contribution in [3.8, 4) is 5.75 Å². The molecule has 0 fully saturated rings. The molecule has 7 nitrogen and oxygen atoms in total. The predicted octanol–water partition coefficient (Wildman–Crippen LogP) is 1.26. The summed E-state index contributed by atoms with van der Waals surface area (Å²) in [6.45, 7) is 2.96. The molecular weight excluding hydrogens is 252 g/mol. The van der Waals surface area contributed by atoms with Gasteiger partial charge in [0.2, 0.25) is 0 Å². The van der Waals surface area contributed by atoms with Crippen LogP contribution in [0, 0.1) is 10.1 Å². The van der Waals surface area contributed by atoms with Crippen molar-refractivity contribution in [2.24, 2.45) is 0 Å². The smallest absolute Gasteiger partial charge is 0.343 e. The Morgan fingerprint density at radius 1 is 1.47 bits per heavy atom. The molecule has 0 unspecified atom stereocenters. The number of methoxy groups -OCH3 is 1. The highest BCUT2D eigenvalue weighted by atomic mass is 16.6. The van der Waals surface area contributed by atoms with Gasteiger partial charge < -0.3 is 14.8 Å². The first-order valence-electron chi connectivity index (χ1n) is 5.76. The van der Waals surface area contributed by atoms with Gasteiger partial charge in [-0.1, -0.05) is 13.0 Å². The molecule has 0 atom stereocenters. The summed E-state index contributed by atoms with van der Waals surface area (Å²) in [5.74, 6) is -0.530. The molecule has 7 heteroatoms. The van der Waals surface area contributed by atoms with Crippen LogP contribution in [-0.4, -0.2) is 31.2 Å². The Labute approximate surface area is 110 Å². The number of hydrogen-bond donors (Lipinski definition) is 1. The molecule has 0 aliphatic carbocycles. The van der Waals surface area contributed by atoms with Crippen molar-refractivity contribution in [3.63, 3.8) is 0 Å². The van der Waals surface area contributed by atoms with Gasteiger partial charge >= 0.3 is 11.7 Å². The van der Waals surface area contributed by atoms with Crippen LogP contribution in [0.2, 0.25) is 0 Å². The summed E-state index contributed by atoms with van der Waals surface area (Å²) in [6.07, 6.45) is 0. The minimum Gasteiger partial charge on any atom is -0.475 e. The van der Waals surface area contributed by atoms with Gasteiger partial charge in [-0.15, -0.1) is 0 Å². The molecule has 0 saturated heterocycles. The average molecular weight is 268 g/mol. The Kier molecular flexibility index (Phi) is 5.74. The van der Waals surface area contributed by atoms with E-state index in [0.29, 0.717) is 6.54 Å². The molecule has 0 radical (unpaired) electrons. The highest BCUT2D eigenvalue weighted by Gasteiger charge is 2.16. The number of nitro benzene ring substituents is 1. The number of esters is 1. The molecule has 19 heavy (non-hydrogen) atoms. The van der Waals surface area contributed by atoms with Gasteiger partial charge in [-0.2, -0.15) is 0 Å². The van der Waals surface area contributed by atoms with E-state index < -0.39 is 10.9 Å². The van der Waals surface area contributed by atoms with Crippen LogP contribution in [-0.2, 0) is 16.1 Å². The Hall–Kier alpha value is -2.15. The van der Waals surface area contributed by atoms with Crippen molar-refractivity contribution >= 4 is 11.7 Å². The zero-order chi connectivity index (χ0) is 14.3. The second kappa shape index (κ2) is 7.32. The van der Waals surface area contributed by atoms with Crippen LogP contribution in [0.3, 0.4) is 0 Å². The quantitative estimate of drug-likeness (QED) is 0.454. The molecule has 0 amide bonds. The molecule has 0 aliphatic heterocycles. The summed E-state index contributed by atoms with van der Waals surface area (Å²) in [6, 6.07) is 4.55. The summed E-state index contributed by atoms with van der Waals surface area (Å²) in [5, 5.41) is 14.0. The third-order valence-electron chi connectivity index (χ3n) is 2.37. The van der Waals surface area contributed by atoms with Crippen molar-refractivity contribution in [2.75, 3.05) is 20.3 Å². The van der Waals surface area contributed by atoms with Crippen molar-refractivity contribution in [1.82, 2.24) is 5.32 Å². The van der Waals surface area contributed by atoms with Crippen molar-refractivity contribution in [1.29, 1.82) is 0 Å². The lowest BCUT2D eigenvalue weighted by Gasteiger charge is -2.08. The fourth-order valence-electron chi connectivity index (χ4n) is 1.40. The van der Waals surface area contributed by atoms with Crippen molar-refractivity contribution in [2.45, 2.75) is 13.5 Å². The van der Waals surface area contributed by atoms with Crippen LogP contribution in [0.4, 0.5) is 5.69 Å². The largest absolute Gasteiger partial charge is 0.475 e. The lowest BCUT2D eigenvalue weighted by molar-refractivity contribution is -0.385. The molecule has 0 heterocycles. The van der Waals surface area contributed by atoms with Crippen LogP contribution in [0.5, 0.6) is 5.75 Å². The van der Waals surface area contributed by atoms with Crippen molar-refractivity contribution in [3.05, 3.63) is 33.9 Å². The molecule has 0 spiro atoms. The molecule has 0 aromatic heterocycles. The van der Waals surface area contributed by atoms with E-state index in [0.717, 1.165) is 12.1 Å². The molecule has 1 N–H and O–H groups in total. The van der Waals surface area contributed by atoms with Gasteiger partial charge in [0, 0.05) is 12.6 Å². The van der Waals surface area contributed by atoms with Gasteiger partial charge in [-0.3, -0.25) is 10.1 Å². The average Bonchev–Trinajstić information content (AvgIpc) is 2.42. The third kappa shape index (κ3) is 4.55. The normalized spacial score (nSPS) is 10.0. The van der Waals surface area contributed by atoms with Gasteiger partial charge in [0.15, 0.2) is 12.4 Å². The number of nitrogens with zero attached hydrogens (tertiary/aromatic N) is 1. The van der Waals surface area contributed by atoms with Crippen molar-refractivity contribution < 1.29 is 19.2 Å². The molecule has 1 aromatic carbocycles. The number of ether oxygens (including phenoxy) is 2. The third-order valence-corrected chi connectivity index (χ3v) is 2.37. The lowest BCUT2D eigenvalue weighted by Crippen LogP contribution is -2.14. The zero-order valence-electron chi connectivity index (χ0n) is 10.8. The molecule has 0 saturated carbocycles. The maximum Gasteiger partial charge on any atom is 0.343 e. The number of nitro groups is 1. The maximum absolute atomic E-state index is 11.0. The van der Waals surface area contributed by atoms with E-state index in [1.807, 2.05) is 6.92 Å². The molecule has 1 rings (SSSR count). The Bertz CT molecular complexity index is 461. The molecule has 0 aliphatic rings. The van der Waals surface area contributed by atoms with Gasteiger partial charge in [-0.25, -0.2) is 4.79 Å². The minimum atomic E-state index is -0.591. The summed E-state index contributed by atoms with van der Waals surface area (Å²) < 4.78 is 9.55. The summed E-state index contributed by atoms with van der Waals surface area (Å²) >= 11 is 0. The van der Waals surface area contributed by atoms with Crippen LogP contribution in [0.25, 0.3) is 0 Å². The van der Waals surface area contributed by atoms with E-state index in [-0.39, 0.29) is 18.0 Å². The summed E-state index contributed by atoms with van der Waals surface area (Å²) in [5.41, 5.74) is 0.663. The Morgan fingerprint density at radius 2 is 2.21 bits per heavy atom. The second-order valence-electron chi connectivity index (χ2n) is 3.70. The molecular formula is C12H16N2O5. The zero-order valence-corrected chi connectivity index (χ0v) is 10.8. The first-order chi connectivity index (χ1) is 9.08.